The molecule has 1 N–H and O–H groups in total. The Kier molecular flexibility index (Phi) is 6.92. The third kappa shape index (κ3) is 3.95. The van der Waals surface area contributed by atoms with E-state index >= 15 is 0 Å². The quantitative estimate of drug-likeness (QED) is 0.380. The van der Waals surface area contributed by atoms with Crippen LogP contribution >= 0.6 is 0 Å². The molecule has 2 aromatic carbocycles. The van der Waals surface area contributed by atoms with Crippen LogP contribution in [0.15, 0.2) is 42.0 Å². The normalized spacial score (nSPS) is 17.4. The molecule has 0 saturated carbocycles. The Balaban J connectivity index is 2.27. The van der Waals surface area contributed by atoms with Gasteiger partial charge in [-0.2, -0.15) is 0 Å². The van der Waals surface area contributed by atoms with Crippen molar-refractivity contribution in [2.45, 2.75) is 19.4 Å². The molecule has 0 spiro atoms. The van der Waals surface area contributed by atoms with Crippen molar-refractivity contribution in [1.82, 2.24) is 4.90 Å². The molecule has 1 amide bonds. The molecular weight excluding hydrogens is 414 g/mol. The number of hydrogen-bond donors (Lipinski definition) is 1. The van der Waals surface area contributed by atoms with Crippen molar-refractivity contribution in [3.8, 4) is 23.0 Å². The number of amides is 1. The molecule has 1 saturated heterocycles. The highest BCUT2D eigenvalue weighted by Gasteiger charge is 2.46. The number of benzene rings is 2. The van der Waals surface area contributed by atoms with Gasteiger partial charge in [-0.1, -0.05) is 13.0 Å². The lowest BCUT2D eigenvalue weighted by Gasteiger charge is -2.25. The zero-order valence-electron chi connectivity index (χ0n) is 18.8. The molecule has 2 aromatic rings. The van der Waals surface area contributed by atoms with Gasteiger partial charge in [-0.05, 0) is 42.3 Å². The van der Waals surface area contributed by atoms with E-state index < -0.39 is 17.7 Å². The van der Waals surface area contributed by atoms with Crippen molar-refractivity contribution in [2.75, 3.05) is 35.0 Å². The van der Waals surface area contributed by atoms with Crippen LogP contribution in [-0.2, 0) is 9.59 Å². The van der Waals surface area contributed by atoms with Gasteiger partial charge in [0.1, 0.15) is 17.3 Å². The van der Waals surface area contributed by atoms with Gasteiger partial charge in [-0.25, -0.2) is 0 Å². The maximum Gasteiger partial charge on any atom is 0.295 e. The third-order valence-electron chi connectivity index (χ3n) is 5.39. The number of methoxy groups -OCH3 is 4. The number of carbonyl (C=O) groups is 2. The molecule has 3 rings (SSSR count). The van der Waals surface area contributed by atoms with Crippen LogP contribution in [0.2, 0.25) is 0 Å². The number of carbonyl (C=O) groups excluding carboxylic acids is 2. The molecule has 0 aliphatic carbocycles. The topological polar surface area (TPSA) is 94.5 Å². The molecule has 0 radical (unpaired) electrons. The number of aliphatic hydroxyl groups is 1. The van der Waals surface area contributed by atoms with Crippen molar-refractivity contribution in [1.29, 1.82) is 0 Å². The van der Waals surface area contributed by atoms with Gasteiger partial charge in [0.25, 0.3) is 11.7 Å². The predicted molar refractivity (Wildman–Crippen MR) is 118 cm³/mol. The van der Waals surface area contributed by atoms with Crippen molar-refractivity contribution in [3.05, 3.63) is 53.1 Å². The van der Waals surface area contributed by atoms with Crippen LogP contribution in [-0.4, -0.2) is 56.7 Å². The summed E-state index contributed by atoms with van der Waals surface area (Å²) in [4.78, 5) is 27.4. The third-order valence-corrected chi connectivity index (χ3v) is 5.39. The summed E-state index contributed by atoms with van der Waals surface area (Å²) in [5.74, 6) is 0.00574. The van der Waals surface area contributed by atoms with Gasteiger partial charge in [0, 0.05) is 6.54 Å². The Morgan fingerprint density at radius 2 is 1.56 bits per heavy atom. The maximum atomic E-state index is 13.1. The summed E-state index contributed by atoms with van der Waals surface area (Å²) in [5, 5.41) is 11.3. The summed E-state index contributed by atoms with van der Waals surface area (Å²) in [7, 11) is 5.98. The van der Waals surface area contributed by atoms with Crippen LogP contribution in [0.3, 0.4) is 0 Å². The van der Waals surface area contributed by atoms with E-state index in [1.807, 2.05) is 6.92 Å². The Morgan fingerprint density at radius 3 is 2.16 bits per heavy atom. The number of ether oxygens (including phenoxy) is 4. The molecule has 0 aromatic heterocycles. The van der Waals surface area contributed by atoms with E-state index in [0.717, 1.165) is 0 Å². The van der Waals surface area contributed by atoms with E-state index in [4.69, 9.17) is 18.9 Å². The molecule has 170 valence electrons. The minimum absolute atomic E-state index is 0.0257. The molecule has 1 heterocycles. The first-order valence-electron chi connectivity index (χ1n) is 10.1. The highest BCUT2D eigenvalue weighted by Crippen LogP contribution is 2.43. The standard InChI is InChI=1S/C24H27NO7/c1-6-11-25-21(14-7-9-18(31-4)19(12-14)32-5)20(23(27)24(25)28)22(26)16-13-15(29-2)8-10-17(16)30-3/h7-10,12-13,21,26H,6,11H2,1-5H3/b22-20+. The number of nitrogens with zero attached hydrogens (tertiary/aromatic N) is 1. The summed E-state index contributed by atoms with van der Waals surface area (Å²) >= 11 is 0. The first-order chi connectivity index (χ1) is 15.4. The molecule has 1 atom stereocenters. The smallest absolute Gasteiger partial charge is 0.295 e. The first-order valence-corrected chi connectivity index (χ1v) is 10.1. The van der Waals surface area contributed by atoms with E-state index in [0.29, 0.717) is 41.5 Å². The van der Waals surface area contributed by atoms with Crippen LogP contribution in [0.4, 0.5) is 0 Å². The Hall–Kier alpha value is -3.68. The van der Waals surface area contributed by atoms with Crippen molar-refractivity contribution < 1.29 is 33.6 Å². The van der Waals surface area contributed by atoms with E-state index in [1.54, 1.807) is 36.4 Å². The molecule has 1 aliphatic heterocycles. The Bertz CT molecular complexity index is 1060. The maximum absolute atomic E-state index is 13.1. The summed E-state index contributed by atoms with van der Waals surface area (Å²) in [6.07, 6.45) is 0.638. The molecule has 0 bridgehead atoms. The summed E-state index contributed by atoms with van der Waals surface area (Å²) < 4.78 is 21.3. The van der Waals surface area contributed by atoms with Gasteiger partial charge in [-0.15, -0.1) is 0 Å². The largest absolute Gasteiger partial charge is 0.507 e. The fourth-order valence-corrected chi connectivity index (χ4v) is 3.87. The lowest BCUT2D eigenvalue weighted by atomic mass is 9.94. The minimum Gasteiger partial charge on any atom is -0.507 e. The average Bonchev–Trinajstić information content (AvgIpc) is 3.07. The second kappa shape index (κ2) is 9.64. The zero-order valence-corrected chi connectivity index (χ0v) is 18.8. The minimum atomic E-state index is -0.800. The Labute approximate surface area is 187 Å². The molecule has 1 unspecified atom stereocenters. The predicted octanol–water partition coefficient (Wildman–Crippen LogP) is 3.55. The highest BCUT2D eigenvalue weighted by atomic mass is 16.5. The van der Waals surface area contributed by atoms with Gasteiger partial charge in [0.05, 0.1) is 45.6 Å². The van der Waals surface area contributed by atoms with Crippen molar-refractivity contribution in [2.24, 2.45) is 0 Å². The van der Waals surface area contributed by atoms with Gasteiger partial charge in [0.2, 0.25) is 0 Å². The SMILES string of the molecule is CCCN1C(=O)C(=O)/C(=C(/O)c2cc(OC)ccc2OC)C1c1ccc(OC)c(OC)c1. The number of aliphatic hydroxyl groups excluding tert-OH is 1. The fraction of sp³-hybridized carbons (Fsp3) is 0.333. The first kappa shape index (κ1) is 23.0. The second-order valence-electron chi connectivity index (χ2n) is 7.17. The number of likely N-dealkylation sites (tertiary alicyclic amines) is 1. The number of hydrogen-bond acceptors (Lipinski definition) is 7. The van der Waals surface area contributed by atoms with Crippen LogP contribution in [0.1, 0.15) is 30.5 Å². The molecular formula is C24H27NO7. The van der Waals surface area contributed by atoms with Crippen LogP contribution < -0.4 is 18.9 Å². The lowest BCUT2D eigenvalue weighted by Crippen LogP contribution is -2.30. The van der Waals surface area contributed by atoms with Gasteiger partial charge >= 0.3 is 0 Å². The highest BCUT2D eigenvalue weighted by molar-refractivity contribution is 6.46. The summed E-state index contributed by atoms with van der Waals surface area (Å²) in [6.45, 7) is 2.26. The average molecular weight is 441 g/mol. The van der Waals surface area contributed by atoms with Gasteiger partial charge in [0.15, 0.2) is 11.5 Å². The van der Waals surface area contributed by atoms with Crippen LogP contribution in [0, 0.1) is 0 Å². The van der Waals surface area contributed by atoms with E-state index in [1.165, 1.54) is 33.3 Å². The monoisotopic (exact) mass is 441 g/mol. The number of Topliss-reactive ketones (excluding diaryl/α,β-unsaturated/α-hetero) is 1. The second-order valence-corrected chi connectivity index (χ2v) is 7.17. The molecule has 1 fully saturated rings. The van der Waals surface area contributed by atoms with Crippen LogP contribution in [0.25, 0.3) is 5.76 Å². The summed E-state index contributed by atoms with van der Waals surface area (Å²) in [5.41, 5.74) is 0.841. The van der Waals surface area contributed by atoms with Crippen molar-refractivity contribution in [3.63, 3.8) is 0 Å². The van der Waals surface area contributed by atoms with Crippen molar-refractivity contribution >= 4 is 17.4 Å². The van der Waals surface area contributed by atoms with E-state index in [2.05, 4.69) is 0 Å². The molecule has 1 aliphatic rings. The summed E-state index contributed by atoms with van der Waals surface area (Å²) in [6, 6.07) is 9.22. The van der Waals surface area contributed by atoms with E-state index in [9.17, 15) is 14.7 Å². The van der Waals surface area contributed by atoms with E-state index in [-0.39, 0.29) is 16.9 Å². The number of ketones is 1. The zero-order chi connectivity index (χ0) is 23.4. The molecule has 32 heavy (non-hydrogen) atoms. The number of rotatable bonds is 8. The lowest BCUT2D eigenvalue weighted by molar-refractivity contribution is -0.139. The fourth-order valence-electron chi connectivity index (χ4n) is 3.87. The van der Waals surface area contributed by atoms with Gasteiger partial charge < -0.3 is 29.0 Å². The van der Waals surface area contributed by atoms with Crippen LogP contribution in [0.5, 0.6) is 23.0 Å². The molecule has 8 nitrogen and oxygen atoms in total. The van der Waals surface area contributed by atoms with Gasteiger partial charge in [-0.3, -0.25) is 9.59 Å². The molecule has 8 heteroatoms. The Morgan fingerprint density at radius 1 is 0.906 bits per heavy atom.